The fourth-order valence-corrected chi connectivity index (χ4v) is 3.98. The van der Waals surface area contributed by atoms with Crippen LogP contribution in [0.2, 0.25) is 0 Å². The Bertz CT molecular complexity index is 1340. The molecule has 1 N–H and O–H groups in total. The second-order valence-corrected chi connectivity index (χ2v) is 7.59. The van der Waals surface area contributed by atoms with Gasteiger partial charge in [-0.15, -0.1) is 16.4 Å². The number of thiazole rings is 1. The van der Waals surface area contributed by atoms with Gasteiger partial charge in [0, 0.05) is 23.1 Å². The molecular weight excluding hydrogens is 386 g/mol. The SMILES string of the molecule is Cc1cc(C)n2nc(C(=O)Nc3ccc(-c4nc5ccccc5s4)cn3)nc2n1. The molecule has 29 heavy (non-hydrogen) atoms. The van der Waals surface area contributed by atoms with E-state index < -0.39 is 5.91 Å². The molecule has 0 saturated heterocycles. The Kier molecular flexibility index (Phi) is 4.02. The summed E-state index contributed by atoms with van der Waals surface area (Å²) in [6, 6.07) is 13.5. The molecule has 0 fully saturated rings. The minimum absolute atomic E-state index is 0.0447. The quantitative estimate of drug-likeness (QED) is 0.495. The van der Waals surface area contributed by atoms with E-state index in [1.807, 2.05) is 50.2 Å². The highest BCUT2D eigenvalue weighted by Gasteiger charge is 2.16. The van der Waals surface area contributed by atoms with E-state index in [0.29, 0.717) is 11.6 Å². The van der Waals surface area contributed by atoms with Crippen molar-refractivity contribution in [3.63, 3.8) is 0 Å². The Balaban J connectivity index is 1.38. The summed E-state index contributed by atoms with van der Waals surface area (Å²) in [4.78, 5) is 30.0. The number of benzene rings is 1. The van der Waals surface area contributed by atoms with Crippen molar-refractivity contribution in [2.24, 2.45) is 0 Å². The van der Waals surface area contributed by atoms with Gasteiger partial charge < -0.3 is 5.32 Å². The molecule has 5 rings (SSSR count). The molecular formula is C20H15N7OS. The predicted molar refractivity (Wildman–Crippen MR) is 111 cm³/mol. The maximum atomic E-state index is 12.5. The van der Waals surface area contributed by atoms with Crippen molar-refractivity contribution in [3.8, 4) is 10.6 Å². The lowest BCUT2D eigenvalue weighted by Crippen LogP contribution is -2.14. The number of hydrogen-bond acceptors (Lipinski definition) is 7. The number of pyridine rings is 1. The third-order valence-corrected chi connectivity index (χ3v) is 5.45. The molecule has 0 unspecified atom stereocenters. The zero-order chi connectivity index (χ0) is 20.0. The van der Waals surface area contributed by atoms with Crippen molar-refractivity contribution in [2.75, 3.05) is 5.32 Å². The van der Waals surface area contributed by atoms with Gasteiger partial charge >= 0.3 is 0 Å². The lowest BCUT2D eigenvalue weighted by atomic mass is 10.3. The van der Waals surface area contributed by atoms with Gasteiger partial charge in [0.25, 0.3) is 11.7 Å². The number of amides is 1. The van der Waals surface area contributed by atoms with Gasteiger partial charge in [0.05, 0.1) is 10.2 Å². The van der Waals surface area contributed by atoms with Gasteiger partial charge in [0.2, 0.25) is 5.82 Å². The molecule has 4 aromatic heterocycles. The van der Waals surface area contributed by atoms with Crippen LogP contribution in [0.15, 0.2) is 48.7 Å². The molecule has 0 saturated carbocycles. The molecule has 0 spiro atoms. The Hall–Kier alpha value is -3.72. The van der Waals surface area contributed by atoms with Crippen LogP contribution in [0.4, 0.5) is 5.82 Å². The average Bonchev–Trinajstić information content (AvgIpc) is 3.33. The summed E-state index contributed by atoms with van der Waals surface area (Å²) in [6.45, 7) is 3.76. The second kappa shape index (κ2) is 6.71. The van der Waals surface area contributed by atoms with Crippen LogP contribution in [-0.4, -0.2) is 35.5 Å². The summed E-state index contributed by atoms with van der Waals surface area (Å²) in [6.07, 6.45) is 1.69. The largest absolute Gasteiger partial charge is 0.304 e. The minimum atomic E-state index is -0.437. The Morgan fingerprint density at radius 3 is 2.72 bits per heavy atom. The Morgan fingerprint density at radius 2 is 1.93 bits per heavy atom. The maximum absolute atomic E-state index is 12.5. The fourth-order valence-electron chi connectivity index (χ4n) is 3.02. The number of carbonyl (C=O) groups is 1. The third kappa shape index (κ3) is 3.21. The van der Waals surface area contributed by atoms with E-state index >= 15 is 0 Å². The molecule has 142 valence electrons. The van der Waals surface area contributed by atoms with Gasteiger partial charge in [0.15, 0.2) is 0 Å². The van der Waals surface area contributed by atoms with Gasteiger partial charge in [-0.2, -0.15) is 4.98 Å². The molecule has 8 nitrogen and oxygen atoms in total. The van der Waals surface area contributed by atoms with Crippen LogP contribution >= 0.6 is 11.3 Å². The fraction of sp³-hybridized carbons (Fsp3) is 0.100. The van der Waals surface area contributed by atoms with Crippen molar-refractivity contribution < 1.29 is 4.79 Å². The summed E-state index contributed by atoms with van der Waals surface area (Å²) >= 11 is 1.60. The first-order valence-corrected chi connectivity index (χ1v) is 9.73. The number of carbonyl (C=O) groups excluding carboxylic acids is 1. The molecule has 0 bridgehead atoms. The number of aromatic nitrogens is 6. The molecule has 5 aromatic rings. The maximum Gasteiger partial charge on any atom is 0.296 e. The van der Waals surface area contributed by atoms with Crippen LogP contribution in [-0.2, 0) is 0 Å². The number of rotatable bonds is 3. The van der Waals surface area contributed by atoms with Gasteiger partial charge in [-0.25, -0.2) is 19.5 Å². The standard InChI is InChI=1S/C20H15N7OS/c1-11-9-12(2)27-20(22-11)25-17(26-27)18(28)24-16-8-7-13(10-21-16)19-23-14-5-3-4-6-15(14)29-19/h3-10H,1-2H3,(H,21,24,28). The van der Waals surface area contributed by atoms with Crippen LogP contribution in [0.1, 0.15) is 22.0 Å². The summed E-state index contributed by atoms with van der Waals surface area (Å²) in [5, 5.41) is 7.84. The molecule has 1 amide bonds. The molecule has 0 aliphatic heterocycles. The first-order chi connectivity index (χ1) is 14.1. The Morgan fingerprint density at radius 1 is 1.07 bits per heavy atom. The summed E-state index contributed by atoms with van der Waals surface area (Å²) in [5.74, 6) is 0.419. The van der Waals surface area contributed by atoms with Crippen LogP contribution < -0.4 is 5.32 Å². The van der Waals surface area contributed by atoms with Crippen molar-refractivity contribution in [3.05, 3.63) is 65.9 Å². The van der Waals surface area contributed by atoms with Gasteiger partial charge in [-0.05, 0) is 44.2 Å². The number of fused-ring (bicyclic) bond motifs is 2. The number of nitrogens with zero attached hydrogens (tertiary/aromatic N) is 6. The molecule has 9 heteroatoms. The van der Waals surface area contributed by atoms with E-state index in [1.54, 1.807) is 28.1 Å². The molecule has 4 heterocycles. The average molecular weight is 401 g/mol. The van der Waals surface area contributed by atoms with Crippen molar-refractivity contribution in [2.45, 2.75) is 13.8 Å². The van der Waals surface area contributed by atoms with E-state index in [4.69, 9.17) is 0 Å². The second-order valence-electron chi connectivity index (χ2n) is 6.56. The summed E-state index contributed by atoms with van der Waals surface area (Å²) in [5.41, 5.74) is 3.53. The van der Waals surface area contributed by atoms with Crippen LogP contribution in [0.5, 0.6) is 0 Å². The van der Waals surface area contributed by atoms with E-state index in [0.717, 1.165) is 32.2 Å². The lowest BCUT2D eigenvalue weighted by Gasteiger charge is -2.02. The van der Waals surface area contributed by atoms with Gasteiger partial charge in [0.1, 0.15) is 10.8 Å². The number of para-hydroxylation sites is 1. The zero-order valence-corrected chi connectivity index (χ0v) is 16.4. The van der Waals surface area contributed by atoms with E-state index in [1.165, 1.54) is 0 Å². The number of hydrogen-bond donors (Lipinski definition) is 1. The number of anilines is 1. The normalized spacial score (nSPS) is 11.2. The van der Waals surface area contributed by atoms with E-state index in [2.05, 4.69) is 30.4 Å². The van der Waals surface area contributed by atoms with Crippen molar-refractivity contribution >= 4 is 39.1 Å². The van der Waals surface area contributed by atoms with Crippen LogP contribution in [0.3, 0.4) is 0 Å². The van der Waals surface area contributed by atoms with Crippen molar-refractivity contribution in [1.29, 1.82) is 0 Å². The van der Waals surface area contributed by atoms with Gasteiger partial charge in [-0.1, -0.05) is 12.1 Å². The highest BCUT2D eigenvalue weighted by Crippen LogP contribution is 2.29. The zero-order valence-electron chi connectivity index (χ0n) is 15.6. The topological polar surface area (TPSA) is 98.0 Å². The smallest absolute Gasteiger partial charge is 0.296 e. The summed E-state index contributed by atoms with van der Waals surface area (Å²) in [7, 11) is 0. The summed E-state index contributed by atoms with van der Waals surface area (Å²) < 4.78 is 2.67. The molecule has 0 atom stereocenters. The first kappa shape index (κ1) is 17.4. The van der Waals surface area contributed by atoms with Crippen LogP contribution in [0.25, 0.3) is 26.6 Å². The number of nitrogens with one attached hydrogen (secondary N) is 1. The highest BCUT2D eigenvalue weighted by atomic mass is 32.1. The van der Waals surface area contributed by atoms with E-state index in [-0.39, 0.29) is 5.82 Å². The van der Waals surface area contributed by atoms with Crippen molar-refractivity contribution in [1.82, 2.24) is 29.5 Å². The lowest BCUT2D eigenvalue weighted by molar-refractivity contribution is 0.101. The third-order valence-electron chi connectivity index (χ3n) is 4.37. The molecule has 1 aromatic carbocycles. The van der Waals surface area contributed by atoms with Crippen LogP contribution in [0, 0.1) is 13.8 Å². The predicted octanol–water partition coefficient (Wildman–Crippen LogP) is 3.67. The van der Waals surface area contributed by atoms with Gasteiger partial charge in [-0.3, -0.25) is 4.79 Å². The first-order valence-electron chi connectivity index (χ1n) is 8.91. The monoisotopic (exact) mass is 401 g/mol. The molecule has 0 aliphatic rings. The molecule has 0 aliphatic carbocycles. The minimum Gasteiger partial charge on any atom is -0.304 e. The van der Waals surface area contributed by atoms with E-state index in [9.17, 15) is 4.79 Å². The molecule has 0 radical (unpaired) electrons. The highest BCUT2D eigenvalue weighted by molar-refractivity contribution is 7.21. The Labute approximate surface area is 169 Å². The number of aryl methyl sites for hydroxylation is 2.